The fraction of sp³-hybridized carbons (Fsp3) is 0.188. The van der Waals surface area contributed by atoms with E-state index >= 15 is 0 Å². The molecule has 0 heterocycles. The fourth-order valence-corrected chi connectivity index (χ4v) is 1.73. The van der Waals surface area contributed by atoms with Crippen LogP contribution in [0.2, 0.25) is 0 Å². The number of benzene rings is 2. The molecule has 2 rings (SSSR count). The van der Waals surface area contributed by atoms with Gasteiger partial charge in [0.2, 0.25) is 0 Å². The molecule has 0 aliphatic carbocycles. The Bertz CT molecular complexity index is 497. The lowest BCUT2D eigenvalue weighted by Gasteiger charge is -2.07. The number of ether oxygens (including phenoxy) is 1. The van der Waals surface area contributed by atoms with Crippen molar-refractivity contribution < 1.29 is 9.53 Å². The monoisotopic (exact) mass is 255 g/mol. The van der Waals surface area contributed by atoms with Crippen molar-refractivity contribution in [2.45, 2.75) is 13.0 Å². The molecule has 0 aromatic heterocycles. The van der Waals surface area contributed by atoms with E-state index in [-0.39, 0.29) is 6.09 Å². The van der Waals surface area contributed by atoms with Crippen molar-refractivity contribution in [1.29, 1.82) is 0 Å². The summed E-state index contributed by atoms with van der Waals surface area (Å²) in [6, 6.07) is 19.7. The smallest absolute Gasteiger partial charge is 0.407 e. The van der Waals surface area contributed by atoms with E-state index in [0.29, 0.717) is 13.2 Å². The largest absolute Gasteiger partial charge is 0.449 e. The van der Waals surface area contributed by atoms with Crippen LogP contribution in [0.1, 0.15) is 11.1 Å². The van der Waals surface area contributed by atoms with Crippen molar-refractivity contribution in [1.82, 2.24) is 5.32 Å². The Kier molecular flexibility index (Phi) is 4.99. The van der Waals surface area contributed by atoms with Gasteiger partial charge in [0, 0.05) is 13.0 Å². The highest BCUT2D eigenvalue weighted by molar-refractivity contribution is 5.67. The summed E-state index contributed by atoms with van der Waals surface area (Å²) in [4.78, 5) is 11.5. The predicted octanol–water partition coefficient (Wildman–Crippen LogP) is 3.16. The molecule has 3 heteroatoms. The molecule has 0 bridgehead atoms. The number of rotatable bonds is 5. The molecule has 2 aromatic rings. The molecule has 1 amide bonds. The molecule has 0 unspecified atom stereocenters. The van der Waals surface area contributed by atoms with Crippen molar-refractivity contribution in [3.8, 4) is 0 Å². The molecule has 19 heavy (non-hydrogen) atoms. The second-order valence-corrected chi connectivity index (χ2v) is 4.21. The van der Waals surface area contributed by atoms with E-state index in [4.69, 9.17) is 4.74 Å². The Balaban J connectivity index is 1.65. The predicted molar refractivity (Wildman–Crippen MR) is 74.8 cm³/mol. The van der Waals surface area contributed by atoms with Crippen LogP contribution in [-0.4, -0.2) is 12.7 Å². The van der Waals surface area contributed by atoms with Crippen LogP contribution < -0.4 is 5.32 Å². The summed E-state index contributed by atoms with van der Waals surface area (Å²) in [6.45, 7) is 0.885. The molecule has 0 fully saturated rings. The summed E-state index contributed by atoms with van der Waals surface area (Å²) in [7, 11) is 0. The molecule has 98 valence electrons. The molecule has 0 aliphatic rings. The quantitative estimate of drug-likeness (QED) is 0.891. The number of nitrogens with one attached hydrogen (secondary N) is 1. The van der Waals surface area contributed by atoms with E-state index < -0.39 is 0 Å². The number of amides is 1. The van der Waals surface area contributed by atoms with E-state index in [1.807, 2.05) is 60.7 Å². The van der Waals surface area contributed by atoms with Gasteiger partial charge in [-0.05, 0) is 11.1 Å². The number of hydrogen-bond donors (Lipinski definition) is 1. The molecule has 0 spiro atoms. The van der Waals surface area contributed by atoms with Crippen LogP contribution in [0.4, 0.5) is 4.79 Å². The standard InChI is InChI=1S/C16H17NO2/c18-16(17-13-15-9-5-2-6-10-15)19-12-11-14-7-3-1-4-8-14/h1-10H,11-13H2,(H,17,18). The van der Waals surface area contributed by atoms with E-state index in [1.54, 1.807) is 0 Å². The first-order chi connectivity index (χ1) is 9.34. The summed E-state index contributed by atoms with van der Waals surface area (Å²) in [5, 5.41) is 2.72. The first kappa shape index (κ1) is 13.1. The Morgan fingerprint density at radius 3 is 2.11 bits per heavy atom. The van der Waals surface area contributed by atoms with Gasteiger partial charge < -0.3 is 10.1 Å². The molecule has 1 N–H and O–H groups in total. The van der Waals surface area contributed by atoms with Gasteiger partial charge in [0.1, 0.15) is 0 Å². The average molecular weight is 255 g/mol. The minimum atomic E-state index is -0.375. The van der Waals surface area contributed by atoms with Crippen LogP contribution >= 0.6 is 0 Å². The van der Waals surface area contributed by atoms with Crippen LogP contribution in [0, 0.1) is 0 Å². The van der Waals surface area contributed by atoms with Gasteiger partial charge in [-0.25, -0.2) is 4.79 Å². The van der Waals surface area contributed by atoms with E-state index in [1.165, 1.54) is 5.56 Å². The lowest BCUT2D eigenvalue weighted by Crippen LogP contribution is -2.24. The second-order valence-electron chi connectivity index (χ2n) is 4.21. The highest BCUT2D eigenvalue weighted by Gasteiger charge is 2.01. The highest BCUT2D eigenvalue weighted by Crippen LogP contribution is 2.00. The Morgan fingerprint density at radius 2 is 1.47 bits per heavy atom. The van der Waals surface area contributed by atoms with Gasteiger partial charge in [-0.3, -0.25) is 0 Å². The van der Waals surface area contributed by atoms with Crippen LogP contribution in [0.3, 0.4) is 0 Å². The molecule has 0 saturated heterocycles. The normalized spacial score (nSPS) is 9.89. The summed E-state index contributed by atoms with van der Waals surface area (Å²) in [6.07, 6.45) is 0.361. The molecular weight excluding hydrogens is 238 g/mol. The minimum absolute atomic E-state index is 0.375. The maximum absolute atomic E-state index is 11.5. The molecule has 2 aromatic carbocycles. The Morgan fingerprint density at radius 1 is 0.895 bits per heavy atom. The van der Waals surface area contributed by atoms with Crippen LogP contribution in [0.15, 0.2) is 60.7 Å². The minimum Gasteiger partial charge on any atom is -0.449 e. The highest BCUT2D eigenvalue weighted by atomic mass is 16.5. The Hall–Kier alpha value is -2.29. The zero-order chi connectivity index (χ0) is 13.3. The first-order valence-electron chi connectivity index (χ1n) is 6.33. The zero-order valence-corrected chi connectivity index (χ0v) is 10.7. The second kappa shape index (κ2) is 7.21. The summed E-state index contributed by atoms with van der Waals surface area (Å²) in [5.41, 5.74) is 2.22. The average Bonchev–Trinajstić information content (AvgIpc) is 2.47. The van der Waals surface area contributed by atoms with Crippen molar-refractivity contribution in [3.05, 3.63) is 71.8 Å². The number of hydrogen-bond acceptors (Lipinski definition) is 2. The maximum Gasteiger partial charge on any atom is 0.407 e. The lowest BCUT2D eigenvalue weighted by atomic mass is 10.2. The van der Waals surface area contributed by atoms with Gasteiger partial charge in [0.05, 0.1) is 6.61 Å². The summed E-state index contributed by atoms with van der Waals surface area (Å²) >= 11 is 0. The molecule has 0 aliphatic heterocycles. The topological polar surface area (TPSA) is 38.3 Å². The van der Waals surface area contributed by atoms with Crippen molar-refractivity contribution >= 4 is 6.09 Å². The molecule has 0 atom stereocenters. The van der Waals surface area contributed by atoms with E-state index in [0.717, 1.165) is 12.0 Å². The Labute approximate surface area is 113 Å². The van der Waals surface area contributed by atoms with Gasteiger partial charge in [-0.15, -0.1) is 0 Å². The molecule has 3 nitrogen and oxygen atoms in total. The van der Waals surface area contributed by atoms with Crippen molar-refractivity contribution in [2.24, 2.45) is 0 Å². The molecular formula is C16H17NO2. The van der Waals surface area contributed by atoms with E-state index in [9.17, 15) is 4.79 Å². The van der Waals surface area contributed by atoms with Gasteiger partial charge in [0.15, 0.2) is 0 Å². The van der Waals surface area contributed by atoms with E-state index in [2.05, 4.69) is 5.32 Å². The van der Waals surface area contributed by atoms with Gasteiger partial charge in [0.25, 0.3) is 0 Å². The zero-order valence-electron chi connectivity index (χ0n) is 10.7. The summed E-state index contributed by atoms with van der Waals surface area (Å²) in [5.74, 6) is 0. The van der Waals surface area contributed by atoms with Gasteiger partial charge >= 0.3 is 6.09 Å². The van der Waals surface area contributed by atoms with Crippen LogP contribution in [0.25, 0.3) is 0 Å². The maximum atomic E-state index is 11.5. The molecule has 0 saturated carbocycles. The lowest BCUT2D eigenvalue weighted by molar-refractivity contribution is 0.147. The number of carbonyl (C=O) groups is 1. The number of alkyl carbamates (subject to hydrolysis) is 1. The number of carbonyl (C=O) groups excluding carboxylic acids is 1. The fourth-order valence-electron chi connectivity index (χ4n) is 1.73. The van der Waals surface area contributed by atoms with Crippen molar-refractivity contribution in [3.63, 3.8) is 0 Å². The van der Waals surface area contributed by atoms with Gasteiger partial charge in [-0.1, -0.05) is 60.7 Å². The van der Waals surface area contributed by atoms with Gasteiger partial charge in [-0.2, -0.15) is 0 Å². The third-order valence-electron chi connectivity index (χ3n) is 2.75. The third-order valence-corrected chi connectivity index (χ3v) is 2.75. The summed E-state index contributed by atoms with van der Waals surface area (Å²) < 4.78 is 5.12. The van der Waals surface area contributed by atoms with Crippen LogP contribution in [0.5, 0.6) is 0 Å². The third kappa shape index (κ3) is 4.84. The van der Waals surface area contributed by atoms with Crippen molar-refractivity contribution in [2.75, 3.05) is 6.61 Å². The molecule has 0 radical (unpaired) electrons. The first-order valence-corrected chi connectivity index (χ1v) is 6.33. The van der Waals surface area contributed by atoms with Crippen LogP contribution in [-0.2, 0) is 17.7 Å². The SMILES string of the molecule is O=C(NCc1ccccc1)OCCc1ccccc1.